The van der Waals surface area contributed by atoms with E-state index in [1.165, 1.54) is 28.9 Å². The van der Waals surface area contributed by atoms with Gasteiger partial charge in [-0.25, -0.2) is 4.39 Å². The lowest BCUT2D eigenvalue weighted by atomic mass is 10.0. The van der Waals surface area contributed by atoms with Gasteiger partial charge in [0.1, 0.15) is 11.3 Å². The van der Waals surface area contributed by atoms with Crippen LogP contribution in [0, 0.1) is 5.82 Å². The monoisotopic (exact) mass is 404 g/mol. The molecule has 7 heteroatoms. The Morgan fingerprint density at radius 1 is 0.929 bits per heavy atom. The van der Waals surface area contributed by atoms with Gasteiger partial charge < -0.3 is 0 Å². The van der Waals surface area contributed by atoms with Crippen LogP contribution < -0.4 is 0 Å². The summed E-state index contributed by atoms with van der Waals surface area (Å²) in [6.45, 7) is 0.106. The highest BCUT2D eigenvalue weighted by Crippen LogP contribution is 2.38. The number of benzene rings is 3. The summed E-state index contributed by atoms with van der Waals surface area (Å²) in [6, 6.07) is 17.0. The lowest BCUT2D eigenvalue weighted by molar-refractivity contribution is -0.136. The molecule has 0 aliphatic rings. The molecule has 0 amide bonds. The number of rotatable bonds is 3. The maximum atomic E-state index is 13.5. The summed E-state index contributed by atoms with van der Waals surface area (Å²) in [5, 5.41) is 4.84. The van der Waals surface area contributed by atoms with Gasteiger partial charge in [0.2, 0.25) is 0 Å². The van der Waals surface area contributed by atoms with Crippen molar-refractivity contribution in [2.75, 3.05) is 0 Å². The summed E-state index contributed by atoms with van der Waals surface area (Å²) in [5.74, 6) is -0.484. The van der Waals surface area contributed by atoms with Gasteiger partial charge >= 0.3 is 6.18 Å². The molecule has 0 bridgehead atoms. The summed E-state index contributed by atoms with van der Waals surface area (Å²) in [4.78, 5) is 0. The van der Waals surface area contributed by atoms with E-state index in [2.05, 4.69) is 5.10 Å². The Labute approximate surface area is 163 Å². The maximum Gasteiger partial charge on any atom is 0.418 e. The van der Waals surface area contributed by atoms with Crippen LogP contribution in [-0.2, 0) is 12.7 Å². The lowest BCUT2D eigenvalue weighted by Gasteiger charge is -2.10. The predicted octanol–water partition coefficient (Wildman–Crippen LogP) is 6.56. The Morgan fingerprint density at radius 3 is 2.36 bits per heavy atom. The highest BCUT2D eigenvalue weighted by atomic mass is 35.5. The smallest absolute Gasteiger partial charge is 0.259 e. The van der Waals surface area contributed by atoms with Crippen LogP contribution in [0.5, 0.6) is 0 Å². The number of aromatic nitrogens is 2. The van der Waals surface area contributed by atoms with Gasteiger partial charge in [-0.3, -0.25) is 4.68 Å². The van der Waals surface area contributed by atoms with Gasteiger partial charge in [0.25, 0.3) is 0 Å². The molecule has 0 unspecified atom stereocenters. The van der Waals surface area contributed by atoms with Crippen molar-refractivity contribution in [3.63, 3.8) is 0 Å². The van der Waals surface area contributed by atoms with Crippen LogP contribution >= 0.6 is 11.6 Å². The predicted molar refractivity (Wildman–Crippen MR) is 101 cm³/mol. The van der Waals surface area contributed by atoms with Crippen molar-refractivity contribution < 1.29 is 17.6 Å². The average molecular weight is 405 g/mol. The van der Waals surface area contributed by atoms with Gasteiger partial charge in [0.05, 0.1) is 17.8 Å². The molecule has 0 radical (unpaired) electrons. The second kappa shape index (κ2) is 6.95. The normalized spacial score (nSPS) is 11.9. The maximum absolute atomic E-state index is 13.5. The molecule has 1 aromatic heterocycles. The number of hydrogen-bond acceptors (Lipinski definition) is 1. The molecule has 0 saturated carbocycles. The summed E-state index contributed by atoms with van der Waals surface area (Å²) in [5.41, 5.74) is 0.893. The fraction of sp³-hybridized carbons (Fsp3) is 0.0952. The van der Waals surface area contributed by atoms with E-state index in [1.54, 1.807) is 30.3 Å². The third-order valence-corrected chi connectivity index (χ3v) is 4.81. The van der Waals surface area contributed by atoms with Crippen molar-refractivity contribution in [2.24, 2.45) is 0 Å². The molecule has 1 heterocycles. The molecular weight excluding hydrogens is 392 g/mol. The first-order chi connectivity index (χ1) is 13.3. The first kappa shape index (κ1) is 18.5. The number of nitrogens with zero attached hydrogens (tertiary/aromatic N) is 2. The molecule has 0 fully saturated rings. The van der Waals surface area contributed by atoms with Gasteiger partial charge in [0, 0.05) is 16.0 Å². The lowest BCUT2D eigenvalue weighted by Crippen LogP contribution is -2.07. The van der Waals surface area contributed by atoms with Gasteiger partial charge in [-0.05, 0) is 23.8 Å². The highest BCUT2D eigenvalue weighted by Gasteiger charge is 2.34. The number of hydrogen-bond donors (Lipinski definition) is 0. The summed E-state index contributed by atoms with van der Waals surface area (Å²) in [6.07, 6.45) is -4.53. The van der Waals surface area contributed by atoms with E-state index in [9.17, 15) is 17.6 Å². The standard InChI is InChI=1S/C21H13ClF4N2/c22-18-11-15(23)10-9-14(18)12-28-20(13-5-2-1-3-6-13)16-7-4-8-17(19(16)27-28)21(24,25)26/h1-11H,12H2. The Bertz CT molecular complexity index is 1150. The molecule has 142 valence electrons. The molecule has 4 rings (SSSR count). The summed E-state index contributed by atoms with van der Waals surface area (Å²) < 4.78 is 55.3. The first-order valence-corrected chi connectivity index (χ1v) is 8.78. The molecular formula is C21H13ClF4N2. The fourth-order valence-electron chi connectivity index (χ4n) is 3.21. The highest BCUT2D eigenvalue weighted by molar-refractivity contribution is 6.31. The van der Waals surface area contributed by atoms with Crippen LogP contribution in [-0.4, -0.2) is 9.78 Å². The first-order valence-electron chi connectivity index (χ1n) is 8.40. The van der Waals surface area contributed by atoms with Gasteiger partial charge in [-0.15, -0.1) is 0 Å². The molecule has 0 spiro atoms. The van der Waals surface area contributed by atoms with Gasteiger partial charge in [-0.2, -0.15) is 18.3 Å². The van der Waals surface area contributed by atoms with Gasteiger partial charge in [-0.1, -0.05) is 60.1 Å². The quantitative estimate of drug-likeness (QED) is 0.353. The van der Waals surface area contributed by atoms with Crippen molar-refractivity contribution in [2.45, 2.75) is 12.7 Å². The topological polar surface area (TPSA) is 17.8 Å². The average Bonchev–Trinajstić information content (AvgIpc) is 3.01. The summed E-state index contributed by atoms with van der Waals surface area (Å²) in [7, 11) is 0. The van der Waals surface area contributed by atoms with E-state index < -0.39 is 17.6 Å². The SMILES string of the molecule is Fc1ccc(Cn2nc3c(C(F)(F)F)cccc3c2-c2ccccc2)c(Cl)c1. The molecule has 0 N–H and O–H groups in total. The van der Waals surface area contributed by atoms with Crippen LogP contribution in [0.25, 0.3) is 22.2 Å². The van der Waals surface area contributed by atoms with Crippen LogP contribution in [0.3, 0.4) is 0 Å². The van der Waals surface area contributed by atoms with E-state index in [-0.39, 0.29) is 17.1 Å². The van der Waals surface area contributed by atoms with E-state index in [1.807, 2.05) is 6.07 Å². The third kappa shape index (κ3) is 3.36. The van der Waals surface area contributed by atoms with Crippen molar-refractivity contribution in [3.8, 4) is 11.3 Å². The van der Waals surface area contributed by atoms with Gasteiger partial charge in [0.15, 0.2) is 0 Å². The van der Waals surface area contributed by atoms with Crippen LogP contribution in [0.4, 0.5) is 17.6 Å². The van der Waals surface area contributed by atoms with E-state index in [0.717, 1.165) is 11.6 Å². The molecule has 28 heavy (non-hydrogen) atoms. The van der Waals surface area contributed by atoms with E-state index >= 15 is 0 Å². The molecule has 3 aromatic carbocycles. The molecule has 0 atom stereocenters. The molecule has 4 aromatic rings. The van der Waals surface area contributed by atoms with Crippen LogP contribution in [0.2, 0.25) is 5.02 Å². The molecule has 0 saturated heterocycles. The van der Waals surface area contributed by atoms with Crippen molar-refractivity contribution >= 4 is 22.5 Å². The van der Waals surface area contributed by atoms with Crippen LogP contribution in [0.1, 0.15) is 11.1 Å². The second-order valence-corrected chi connectivity index (χ2v) is 6.71. The van der Waals surface area contributed by atoms with E-state index in [0.29, 0.717) is 16.6 Å². The minimum absolute atomic E-state index is 0.106. The van der Waals surface area contributed by atoms with Crippen molar-refractivity contribution in [1.29, 1.82) is 0 Å². The third-order valence-electron chi connectivity index (χ3n) is 4.46. The molecule has 0 aliphatic heterocycles. The zero-order chi connectivity index (χ0) is 19.9. The van der Waals surface area contributed by atoms with Crippen molar-refractivity contribution in [3.05, 3.63) is 88.7 Å². The minimum atomic E-state index is -4.53. The Balaban J connectivity index is 1.96. The Kier molecular flexibility index (Phi) is 4.59. The Hall–Kier alpha value is -2.86. The second-order valence-electron chi connectivity index (χ2n) is 6.31. The van der Waals surface area contributed by atoms with Crippen LogP contribution in [0.15, 0.2) is 66.7 Å². The zero-order valence-electron chi connectivity index (χ0n) is 14.3. The molecule has 0 aliphatic carbocycles. The number of fused-ring (bicyclic) bond motifs is 1. The largest absolute Gasteiger partial charge is 0.418 e. The van der Waals surface area contributed by atoms with Crippen molar-refractivity contribution in [1.82, 2.24) is 9.78 Å². The number of halogens is 5. The minimum Gasteiger partial charge on any atom is -0.259 e. The van der Waals surface area contributed by atoms with E-state index in [4.69, 9.17) is 11.6 Å². The summed E-state index contributed by atoms with van der Waals surface area (Å²) >= 11 is 6.12. The number of alkyl halides is 3. The fourth-order valence-corrected chi connectivity index (χ4v) is 3.43. The molecule has 2 nitrogen and oxygen atoms in total. The zero-order valence-corrected chi connectivity index (χ0v) is 15.1. The Morgan fingerprint density at radius 2 is 1.68 bits per heavy atom.